The minimum Gasteiger partial charge on any atom is -0.502 e. The maximum Gasteiger partial charge on any atom is 0.290 e. The summed E-state index contributed by atoms with van der Waals surface area (Å²) in [6, 6.07) is 20.5. The third-order valence-corrected chi connectivity index (χ3v) is 7.63. The van der Waals surface area contributed by atoms with E-state index in [0.29, 0.717) is 5.56 Å². The van der Waals surface area contributed by atoms with E-state index in [0.717, 1.165) is 22.3 Å². The van der Waals surface area contributed by atoms with Crippen molar-refractivity contribution in [3.05, 3.63) is 111 Å². The van der Waals surface area contributed by atoms with Crippen LogP contribution in [0.5, 0.6) is 0 Å². The highest BCUT2D eigenvalue weighted by molar-refractivity contribution is 7.95. The van der Waals surface area contributed by atoms with E-state index in [1.54, 1.807) is 24.3 Å². The fourth-order valence-corrected chi connectivity index (χ4v) is 5.53. The van der Waals surface area contributed by atoms with E-state index in [-0.39, 0.29) is 16.3 Å². The number of amides is 1. The van der Waals surface area contributed by atoms with E-state index >= 15 is 0 Å². The van der Waals surface area contributed by atoms with Crippen molar-refractivity contribution in [2.75, 3.05) is 0 Å². The van der Waals surface area contributed by atoms with Crippen molar-refractivity contribution >= 4 is 15.7 Å². The summed E-state index contributed by atoms with van der Waals surface area (Å²) in [5.41, 5.74) is 4.49. The molecule has 0 saturated heterocycles. The second-order valence-corrected chi connectivity index (χ2v) is 10.2. The first-order chi connectivity index (χ1) is 15.2. The average Bonchev–Trinajstić information content (AvgIpc) is 3.01. The Bertz CT molecular complexity index is 1290. The van der Waals surface area contributed by atoms with Crippen molar-refractivity contribution < 1.29 is 18.3 Å². The normalized spacial score (nSPS) is 16.7. The van der Waals surface area contributed by atoms with E-state index in [1.165, 1.54) is 17.0 Å². The molecular weight excluding hydrogens is 422 g/mol. The van der Waals surface area contributed by atoms with Crippen LogP contribution in [0.4, 0.5) is 0 Å². The third kappa shape index (κ3) is 3.94. The highest BCUT2D eigenvalue weighted by atomic mass is 32.2. The van der Waals surface area contributed by atoms with Crippen LogP contribution in [0, 0.1) is 20.8 Å². The largest absolute Gasteiger partial charge is 0.502 e. The lowest BCUT2D eigenvalue weighted by Gasteiger charge is -2.27. The van der Waals surface area contributed by atoms with E-state index < -0.39 is 27.5 Å². The molecule has 0 fully saturated rings. The summed E-state index contributed by atoms with van der Waals surface area (Å²) in [6.45, 7) is 5.95. The zero-order chi connectivity index (χ0) is 23.0. The number of carbonyl (C=O) groups excluding carboxylic acids is 1. The molecule has 164 valence electrons. The molecule has 1 amide bonds. The number of hydrogen-bond donors (Lipinski definition) is 1. The number of benzene rings is 3. The van der Waals surface area contributed by atoms with Gasteiger partial charge in [0.05, 0.1) is 10.9 Å². The fraction of sp³-hybridized carbons (Fsp3) is 0.192. The molecule has 0 spiro atoms. The molecule has 3 aromatic carbocycles. The average molecular weight is 448 g/mol. The second kappa shape index (κ2) is 8.28. The van der Waals surface area contributed by atoms with Gasteiger partial charge in [-0.05, 0) is 44.0 Å². The molecule has 1 heterocycles. The van der Waals surface area contributed by atoms with Crippen LogP contribution in [0.3, 0.4) is 0 Å². The number of aliphatic hydroxyl groups excluding tert-OH is 1. The quantitative estimate of drug-likeness (QED) is 0.601. The first kappa shape index (κ1) is 21.8. The van der Waals surface area contributed by atoms with Gasteiger partial charge in [-0.2, -0.15) is 0 Å². The lowest BCUT2D eigenvalue weighted by atomic mass is 10.0. The molecule has 6 heteroatoms. The third-order valence-electron chi connectivity index (χ3n) is 5.74. The van der Waals surface area contributed by atoms with E-state index in [1.807, 2.05) is 57.2 Å². The van der Waals surface area contributed by atoms with Gasteiger partial charge in [-0.15, -0.1) is 0 Å². The van der Waals surface area contributed by atoms with Gasteiger partial charge in [0.15, 0.2) is 5.76 Å². The first-order valence-corrected chi connectivity index (χ1v) is 11.8. The summed E-state index contributed by atoms with van der Waals surface area (Å²) >= 11 is 0. The summed E-state index contributed by atoms with van der Waals surface area (Å²) in [6.07, 6.45) is 0. The Morgan fingerprint density at radius 1 is 0.781 bits per heavy atom. The van der Waals surface area contributed by atoms with Gasteiger partial charge < -0.3 is 10.0 Å². The van der Waals surface area contributed by atoms with Crippen LogP contribution in [0.2, 0.25) is 0 Å². The number of nitrogens with zero attached hydrogens (tertiary/aromatic N) is 1. The predicted octanol–water partition coefficient (Wildman–Crippen LogP) is 4.94. The van der Waals surface area contributed by atoms with Crippen LogP contribution in [0.1, 0.15) is 33.9 Å². The van der Waals surface area contributed by atoms with Gasteiger partial charge in [0.1, 0.15) is 4.91 Å². The smallest absolute Gasteiger partial charge is 0.290 e. The van der Waals surface area contributed by atoms with Crippen molar-refractivity contribution in [2.24, 2.45) is 0 Å². The van der Waals surface area contributed by atoms with Crippen molar-refractivity contribution in [1.29, 1.82) is 0 Å². The molecule has 3 aromatic rings. The van der Waals surface area contributed by atoms with Crippen LogP contribution in [-0.2, 0) is 21.2 Å². The summed E-state index contributed by atoms with van der Waals surface area (Å²) in [4.78, 5) is 14.3. The van der Waals surface area contributed by atoms with Crippen LogP contribution >= 0.6 is 0 Å². The molecule has 1 N–H and O–H groups in total. The van der Waals surface area contributed by atoms with Crippen molar-refractivity contribution in [1.82, 2.24) is 4.90 Å². The molecule has 1 aliphatic rings. The molecule has 1 unspecified atom stereocenters. The molecule has 5 nitrogen and oxygen atoms in total. The highest BCUT2D eigenvalue weighted by Gasteiger charge is 2.46. The van der Waals surface area contributed by atoms with Gasteiger partial charge in [-0.3, -0.25) is 4.79 Å². The van der Waals surface area contributed by atoms with E-state index in [2.05, 4.69) is 0 Å². The van der Waals surface area contributed by atoms with Crippen molar-refractivity contribution in [2.45, 2.75) is 38.3 Å². The molecule has 0 aromatic heterocycles. The van der Waals surface area contributed by atoms with Crippen LogP contribution < -0.4 is 0 Å². The molecule has 4 rings (SSSR count). The van der Waals surface area contributed by atoms with Gasteiger partial charge >= 0.3 is 0 Å². The van der Waals surface area contributed by atoms with Gasteiger partial charge in [0, 0.05) is 6.54 Å². The molecule has 0 radical (unpaired) electrons. The predicted molar refractivity (Wildman–Crippen MR) is 124 cm³/mol. The standard InChI is InChI=1S/C26H25NO4S/c1-17-4-10-20(11-5-17)16-27-23(21-12-6-18(2)7-13-21)25(24(28)26(27)29)32(30,31)22-14-8-19(3)9-15-22/h4-15,23,28H,16H2,1-3H3. The van der Waals surface area contributed by atoms with E-state index in [4.69, 9.17) is 0 Å². The van der Waals surface area contributed by atoms with Crippen LogP contribution in [0.25, 0.3) is 0 Å². The Balaban J connectivity index is 1.84. The molecule has 0 aliphatic carbocycles. The SMILES string of the molecule is Cc1ccc(CN2C(=O)C(O)=C(S(=O)(=O)c3ccc(C)cc3)C2c2ccc(C)cc2)cc1. The van der Waals surface area contributed by atoms with Gasteiger partial charge in [-0.1, -0.05) is 77.4 Å². The zero-order valence-electron chi connectivity index (χ0n) is 18.2. The summed E-state index contributed by atoms with van der Waals surface area (Å²) in [7, 11) is -4.11. The molecular formula is C26H25NO4S. The summed E-state index contributed by atoms with van der Waals surface area (Å²) in [5.74, 6) is -1.41. The minimum absolute atomic E-state index is 0.0479. The number of sulfone groups is 1. The lowest BCUT2D eigenvalue weighted by molar-refractivity contribution is -0.130. The Kier molecular flexibility index (Phi) is 5.65. The Hall–Kier alpha value is -3.38. The highest BCUT2D eigenvalue weighted by Crippen LogP contribution is 2.43. The Morgan fingerprint density at radius 3 is 1.78 bits per heavy atom. The number of aryl methyl sites for hydroxylation is 3. The lowest BCUT2D eigenvalue weighted by Crippen LogP contribution is -2.30. The number of carbonyl (C=O) groups is 1. The number of aliphatic hydroxyl groups is 1. The molecule has 32 heavy (non-hydrogen) atoms. The number of hydrogen-bond acceptors (Lipinski definition) is 4. The van der Waals surface area contributed by atoms with Crippen LogP contribution in [-0.4, -0.2) is 24.3 Å². The fourth-order valence-electron chi connectivity index (χ4n) is 3.88. The van der Waals surface area contributed by atoms with Gasteiger partial charge in [0.25, 0.3) is 5.91 Å². The van der Waals surface area contributed by atoms with Crippen molar-refractivity contribution in [3.8, 4) is 0 Å². The maximum atomic E-state index is 13.6. The van der Waals surface area contributed by atoms with E-state index in [9.17, 15) is 18.3 Å². The topological polar surface area (TPSA) is 74.7 Å². The maximum absolute atomic E-state index is 13.6. The second-order valence-electron chi connectivity index (χ2n) is 8.26. The Morgan fingerprint density at radius 2 is 1.25 bits per heavy atom. The monoisotopic (exact) mass is 447 g/mol. The molecule has 1 atom stereocenters. The zero-order valence-corrected chi connectivity index (χ0v) is 19.1. The molecule has 0 bridgehead atoms. The molecule has 0 saturated carbocycles. The summed E-state index contributed by atoms with van der Waals surface area (Å²) < 4.78 is 27.2. The first-order valence-electron chi connectivity index (χ1n) is 10.4. The summed E-state index contributed by atoms with van der Waals surface area (Å²) in [5, 5.41) is 10.8. The van der Waals surface area contributed by atoms with Crippen molar-refractivity contribution in [3.63, 3.8) is 0 Å². The minimum atomic E-state index is -4.11. The molecule has 1 aliphatic heterocycles. The number of rotatable bonds is 5. The van der Waals surface area contributed by atoms with Gasteiger partial charge in [0.2, 0.25) is 9.84 Å². The Labute approximate surface area is 188 Å². The van der Waals surface area contributed by atoms with Crippen LogP contribution in [0.15, 0.2) is 88.4 Å². The van der Waals surface area contributed by atoms with Gasteiger partial charge in [-0.25, -0.2) is 8.42 Å².